The summed E-state index contributed by atoms with van der Waals surface area (Å²) in [5.41, 5.74) is 20.1. The van der Waals surface area contributed by atoms with Crippen LogP contribution in [0.25, 0.3) is 0 Å². The van der Waals surface area contributed by atoms with Gasteiger partial charge < -0.3 is 38.9 Å². The maximum atomic E-state index is 5.20. The molecule has 0 fully saturated rings. The number of nitrogens with one attached hydrogen (secondary N) is 3. The molecule has 0 saturated carbocycles. The van der Waals surface area contributed by atoms with Crippen molar-refractivity contribution < 1.29 is 0 Å². The molecule has 7 heteroatoms. The van der Waals surface area contributed by atoms with Gasteiger partial charge >= 0.3 is 0 Å². The highest BCUT2D eigenvalue weighted by molar-refractivity contribution is 4.85. The van der Waals surface area contributed by atoms with Crippen LogP contribution in [0.4, 0.5) is 0 Å². The van der Waals surface area contributed by atoms with E-state index in [4.69, 9.17) is 67.9 Å². The summed E-state index contributed by atoms with van der Waals surface area (Å²) in [5, 5.41) is 8.99. The van der Waals surface area contributed by atoms with Gasteiger partial charge in [-0.1, -0.05) is 12.8 Å². The lowest BCUT2D eigenvalue weighted by atomic mass is 10.2. The SMILES string of the molecule is C#CCCC.C#CCCCCN.C#CCCCCNC.C#CCCCN.C#CCCCNC.C#CCCN.C#CCCNC.C#CCN. The van der Waals surface area contributed by atoms with E-state index in [9.17, 15) is 0 Å². The molecule has 0 aromatic rings. The Hall–Kier alpha value is -3.80. The fourth-order valence-corrected chi connectivity index (χ4v) is 1.90. The molecule has 0 radical (unpaired) electrons. The lowest BCUT2D eigenvalue weighted by Crippen LogP contribution is -2.06. The molecule has 0 saturated heterocycles. The summed E-state index contributed by atoms with van der Waals surface area (Å²) < 4.78 is 0. The highest BCUT2D eigenvalue weighted by Crippen LogP contribution is 1.90. The fourth-order valence-electron chi connectivity index (χ4n) is 1.90. The van der Waals surface area contributed by atoms with Crippen molar-refractivity contribution in [1.82, 2.24) is 16.0 Å². The number of nitrogens with two attached hydrogens (primary N) is 4. The average Bonchev–Trinajstić information content (AvgIpc) is 3.11. The topological polar surface area (TPSA) is 140 Å². The van der Waals surface area contributed by atoms with Gasteiger partial charge in [0.2, 0.25) is 0 Å². The maximum Gasteiger partial charge on any atom is 0.0548 e. The third-order valence-corrected chi connectivity index (χ3v) is 4.37. The van der Waals surface area contributed by atoms with Gasteiger partial charge in [-0.05, 0) is 92.3 Å². The molecule has 0 unspecified atom stereocenters. The van der Waals surface area contributed by atoms with Crippen molar-refractivity contribution in [2.45, 2.75) is 96.8 Å². The normalized spacial score (nSPS) is 7.33. The second-order valence-corrected chi connectivity index (χ2v) is 8.89. The molecule has 0 aliphatic rings. The zero-order chi connectivity index (χ0) is 38.6. The van der Waals surface area contributed by atoms with Crippen molar-refractivity contribution in [3.63, 3.8) is 0 Å². The summed E-state index contributed by atoms with van der Waals surface area (Å²) in [6.45, 7) is 7.55. The van der Waals surface area contributed by atoms with Crippen molar-refractivity contribution in [2.75, 3.05) is 67.0 Å². The zero-order valence-electron chi connectivity index (χ0n) is 31.3. The molecule has 0 atom stereocenters. The van der Waals surface area contributed by atoms with Crippen molar-refractivity contribution >= 4 is 0 Å². The minimum Gasteiger partial charge on any atom is -0.330 e. The molecule has 0 aromatic heterocycles. The van der Waals surface area contributed by atoms with Crippen LogP contribution in [0.5, 0.6) is 0 Å². The predicted molar refractivity (Wildman–Crippen MR) is 219 cm³/mol. The van der Waals surface area contributed by atoms with Gasteiger partial charge in [0, 0.05) is 58.0 Å². The quantitative estimate of drug-likeness (QED) is 0.0981. The van der Waals surface area contributed by atoms with Crippen molar-refractivity contribution in [1.29, 1.82) is 0 Å². The second-order valence-electron chi connectivity index (χ2n) is 8.89. The van der Waals surface area contributed by atoms with Crippen molar-refractivity contribution in [2.24, 2.45) is 22.9 Å². The van der Waals surface area contributed by atoms with E-state index < -0.39 is 0 Å². The Morgan fingerprint density at radius 3 is 0.958 bits per heavy atom. The molecule has 0 rings (SSSR count). The molecular formula is C41H73N7. The Morgan fingerprint density at radius 2 is 0.729 bits per heavy atom. The Bertz CT molecular complexity index is 787. The van der Waals surface area contributed by atoms with E-state index in [-0.39, 0.29) is 0 Å². The Labute approximate surface area is 300 Å². The van der Waals surface area contributed by atoms with E-state index in [1.165, 1.54) is 6.42 Å². The Balaban J connectivity index is -0.0000000640. The number of terminal acetylenes is 8. The summed E-state index contributed by atoms with van der Waals surface area (Å²) in [7, 11) is 5.77. The van der Waals surface area contributed by atoms with Crippen LogP contribution in [0.1, 0.15) is 96.8 Å². The molecule has 7 nitrogen and oxygen atoms in total. The van der Waals surface area contributed by atoms with Crippen LogP contribution in [0, 0.1) is 98.8 Å². The molecular weight excluding hydrogens is 591 g/mol. The van der Waals surface area contributed by atoms with Gasteiger partial charge in [-0.2, -0.15) is 0 Å². The van der Waals surface area contributed by atoms with E-state index in [2.05, 4.69) is 76.7 Å². The van der Waals surface area contributed by atoms with E-state index in [0.29, 0.717) is 26.1 Å². The van der Waals surface area contributed by atoms with E-state index in [1.54, 1.807) is 0 Å². The molecule has 0 bridgehead atoms. The highest BCUT2D eigenvalue weighted by Gasteiger charge is 1.81. The van der Waals surface area contributed by atoms with Crippen LogP contribution < -0.4 is 38.9 Å². The van der Waals surface area contributed by atoms with E-state index in [1.807, 2.05) is 21.1 Å². The summed E-state index contributed by atoms with van der Waals surface area (Å²) >= 11 is 0. The molecule has 11 N–H and O–H groups in total. The van der Waals surface area contributed by atoms with Gasteiger partial charge in [0.1, 0.15) is 0 Å². The molecule has 0 aromatic carbocycles. The minimum atomic E-state index is 0.347. The summed E-state index contributed by atoms with van der Waals surface area (Å²) in [4.78, 5) is 0. The van der Waals surface area contributed by atoms with Crippen molar-refractivity contribution in [3.05, 3.63) is 0 Å². The highest BCUT2D eigenvalue weighted by atomic mass is 14.8. The first kappa shape index (κ1) is 62.9. The Kier molecular flexibility index (Phi) is 127. The van der Waals surface area contributed by atoms with Gasteiger partial charge in [-0.3, -0.25) is 0 Å². The van der Waals surface area contributed by atoms with Gasteiger partial charge in [-0.15, -0.1) is 92.8 Å². The molecule has 0 aliphatic carbocycles. The first-order valence-electron chi connectivity index (χ1n) is 16.5. The van der Waals surface area contributed by atoms with Crippen molar-refractivity contribution in [3.8, 4) is 98.8 Å². The third kappa shape index (κ3) is 176. The van der Waals surface area contributed by atoms with Gasteiger partial charge in [0.05, 0.1) is 6.54 Å². The Morgan fingerprint density at radius 1 is 0.375 bits per heavy atom. The van der Waals surface area contributed by atoms with Crippen LogP contribution in [0.3, 0.4) is 0 Å². The molecule has 0 spiro atoms. The van der Waals surface area contributed by atoms with Crippen LogP contribution in [-0.4, -0.2) is 67.0 Å². The number of hydrogen-bond acceptors (Lipinski definition) is 7. The molecule has 0 heterocycles. The smallest absolute Gasteiger partial charge is 0.0548 e. The zero-order valence-corrected chi connectivity index (χ0v) is 31.3. The summed E-state index contributed by atoms with van der Waals surface area (Å²) in [5.74, 6) is 19.8. The summed E-state index contributed by atoms with van der Waals surface area (Å²) in [6.07, 6.45) is 52.8. The van der Waals surface area contributed by atoms with Crippen LogP contribution >= 0.6 is 0 Å². The first-order valence-corrected chi connectivity index (χ1v) is 16.5. The first-order chi connectivity index (χ1) is 23.3. The maximum absolute atomic E-state index is 5.20. The number of hydrogen-bond donors (Lipinski definition) is 7. The van der Waals surface area contributed by atoms with Crippen LogP contribution in [0.15, 0.2) is 0 Å². The van der Waals surface area contributed by atoms with Crippen LogP contribution in [-0.2, 0) is 0 Å². The predicted octanol–water partition coefficient (Wildman–Crippen LogP) is 3.93. The van der Waals surface area contributed by atoms with E-state index >= 15 is 0 Å². The van der Waals surface area contributed by atoms with Crippen LogP contribution in [0.2, 0.25) is 0 Å². The molecule has 0 aliphatic heterocycles. The largest absolute Gasteiger partial charge is 0.330 e. The fraction of sp³-hybridized carbons (Fsp3) is 0.610. The second kappa shape index (κ2) is 96.7. The lowest BCUT2D eigenvalue weighted by Gasteiger charge is -1.93. The number of unbranched alkanes of at least 4 members (excludes halogenated alkanes) is 7. The van der Waals surface area contributed by atoms with Gasteiger partial charge in [0.15, 0.2) is 0 Å². The van der Waals surface area contributed by atoms with E-state index in [0.717, 1.165) is 103 Å². The van der Waals surface area contributed by atoms with Gasteiger partial charge in [0.25, 0.3) is 0 Å². The monoisotopic (exact) mass is 664 g/mol. The minimum absolute atomic E-state index is 0.347. The lowest BCUT2D eigenvalue weighted by molar-refractivity contribution is 0.690. The molecule has 272 valence electrons. The average molecular weight is 664 g/mol. The molecule has 0 amide bonds. The van der Waals surface area contributed by atoms with Gasteiger partial charge in [-0.25, -0.2) is 0 Å². The number of rotatable bonds is 16. The third-order valence-electron chi connectivity index (χ3n) is 4.37. The molecule has 48 heavy (non-hydrogen) atoms. The standard InChI is InChI=1S/C7H13N.2C6H11N.2C5H9N.C5H8.C4H7N.C3H5N/c1-3-4-5-6-7-8-2;1-3-4-5-6-7-2;1-2-3-4-5-6-7;1-3-4-5-6-2;1-2-3-4-5-6;1-3-5-4-2;1-2-3-4-5;1-2-3-4/h1,8H,4-7H2,2H3;1,7H,4-6H2,2H3;1H,3-7H2;1,6H,4-5H2,2H3;1H,3-6H2;1H,4-5H2,2H3;1H,3-5H2;1H,3-4H2. The summed E-state index contributed by atoms with van der Waals surface area (Å²) in [6, 6.07) is 0.